The highest BCUT2D eigenvalue weighted by molar-refractivity contribution is 6.03. The molecule has 0 bridgehead atoms. The molecule has 0 atom stereocenters. The van der Waals surface area contributed by atoms with E-state index in [-0.39, 0.29) is 25.5 Å². The average molecular weight is 497 g/mol. The molecule has 0 aliphatic rings. The summed E-state index contributed by atoms with van der Waals surface area (Å²) in [5.41, 5.74) is 6.65. The van der Waals surface area contributed by atoms with Crippen LogP contribution in [0.2, 0.25) is 0 Å². The van der Waals surface area contributed by atoms with E-state index in [1.807, 2.05) is 103 Å². The number of benzene rings is 3. The van der Waals surface area contributed by atoms with Crippen LogP contribution in [0.4, 0.5) is 0 Å². The number of Topliss-reactive ketones (excluding diaryl/α,β-unsaturated/α-hetero) is 1. The van der Waals surface area contributed by atoms with Crippen LogP contribution in [0.3, 0.4) is 0 Å². The highest BCUT2D eigenvalue weighted by Gasteiger charge is 2.21. The first-order valence-electron chi connectivity index (χ1n) is 12.3. The third kappa shape index (κ3) is 6.74. The van der Waals surface area contributed by atoms with Gasteiger partial charge in [0.25, 0.3) is 0 Å². The van der Waals surface area contributed by atoms with Crippen molar-refractivity contribution in [3.63, 3.8) is 0 Å². The summed E-state index contributed by atoms with van der Waals surface area (Å²) in [4.78, 5) is 25.7. The molecule has 6 nitrogen and oxygen atoms in total. The Labute approximate surface area is 217 Å². The Bertz CT molecular complexity index is 1340. The normalized spacial score (nSPS) is 10.8. The number of rotatable bonds is 11. The molecule has 4 rings (SSSR count). The van der Waals surface area contributed by atoms with Crippen LogP contribution in [-0.2, 0) is 22.7 Å². The number of carbonyl (C=O) groups excluding carboxylic acids is 2. The summed E-state index contributed by atoms with van der Waals surface area (Å²) in [5, 5.41) is 2.97. The van der Waals surface area contributed by atoms with E-state index in [4.69, 9.17) is 9.47 Å². The fourth-order valence-electron chi connectivity index (χ4n) is 4.28. The monoisotopic (exact) mass is 496 g/mol. The third-order valence-corrected chi connectivity index (χ3v) is 6.18. The Morgan fingerprint density at radius 3 is 2.22 bits per heavy atom. The van der Waals surface area contributed by atoms with Crippen molar-refractivity contribution in [1.29, 1.82) is 0 Å². The molecule has 1 aromatic heterocycles. The predicted molar refractivity (Wildman–Crippen MR) is 145 cm³/mol. The lowest BCUT2D eigenvalue weighted by molar-refractivity contribution is -0.143. The molecule has 0 saturated carbocycles. The van der Waals surface area contributed by atoms with Crippen LogP contribution in [0.25, 0.3) is 11.1 Å². The molecule has 0 amide bonds. The lowest BCUT2D eigenvalue weighted by Crippen LogP contribution is -2.31. The van der Waals surface area contributed by atoms with Gasteiger partial charge in [-0.05, 0) is 48.2 Å². The van der Waals surface area contributed by atoms with E-state index in [9.17, 15) is 9.59 Å². The fourth-order valence-corrected chi connectivity index (χ4v) is 4.28. The van der Waals surface area contributed by atoms with Crippen molar-refractivity contribution in [1.82, 2.24) is 9.88 Å². The second kappa shape index (κ2) is 12.2. The molecule has 0 fully saturated rings. The number of esters is 1. The lowest BCUT2D eigenvalue weighted by atomic mass is 9.99. The van der Waals surface area contributed by atoms with Gasteiger partial charge in [-0.2, -0.15) is 0 Å². The maximum atomic E-state index is 13.5. The standard InChI is InChI=1S/C31H32N2O4/c1-22-9-13-26(14-10-22)30-23(2)19-33(20-24-11-15-27(36-3)16-12-24)31(30)28(34)17-32-18-29(35)37-21-25-7-5-4-6-8-25/h4-16,19,32H,17-18,20-21H2,1-3H3. The molecule has 3 aromatic carbocycles. The van der Waals surface area contributed by atoms with Gasteiger partial charge in [0.1, 0.15) is 12.4 Å². The first-order valence-corrected chi connectivity index (χ1v) is 12.3. The Kier molecular flexibility index (Phi) is 8.54. The van der Waals surface area contributed by atoms with Gasteiger partial charge >= 0.3 is 5.97 Å². The van der Waals surface area contributed by atoms with Gasteiger partial charge in [-0.15, -0.1) is 0 Å². The Balaban J connectivity index is 1.50. The van der Waals surface area contributed by atoms with E-state index < -0.39 is 5.97 Å². The van der Waals surface area contributed by atoms with Crippen molar-refractivity contribution >= 4 is 11.8 Å². The number of ether oxygens (including phenoxy) is 2. The Morgan fingerprint density at radius 1 is 0.838 bits per heavy atom. The van der Waals surface area contributed by atoms with E-state index in [1.54, 1.807) is 7.11 Å². The number of ketones is 1. The van der Waals surface area contributed by atoms with E-state index >= 15 is 0 Å². The molecule has 6 heteroatoms. The first-order chi connectivity index (χ1) is 17.9. The van der Waals surface area contributed by atoms with Crippen molar-refractivity contribution in [2.45, 2.75) is 27.0 Å². The van der Waals surface area contributed by atoms with Crippen LogP contribution in [0, 0.1) is 13.8 Å². The van der Waals surface area contributed by atoms with Crippen molar-refractivity contribution in [3.8, 4) is 16.9 Å². The summed E-state index contributed by atoms with van der Waals surface area (Å²) in [5.74, 6) is 0.292. The number of methoxy groups -OCH3 is 1. The third-order valence-electron chi connectivity index (χ3n) is 6.18. The van der Waals surface area contributed by atoms with E-state index in [2.05, 4.69) is 5.32 Å². The molecular weight excluding hydrogens is 464 g/mol. The second-order valence-electron chi connectivity index (χ2n) is 9.05. The van der Waals surface area contributed by atoms with Gasteiger partial charge < -0.3 is 14.0 Å². The molecule has 0 spiro atoms. The summed E-state index contributed by atoms with van der Waals surface area (Å²) < 4.78 is 12.6. The van der Waals surface area contributed by atoms with Crippen LogP contribution in [0.1, 0.15) is 32.7 Å². The van der Waals surface area contributed by atoms with Crippen LogP contribution < -0.4 is 10.1 Å². The minimum atomic E-state index is -0.403. The average Bonchev–Trinajstić information content (AvgIpc) is 3.24. The van der Waals surface area contributed by atoms with Crippen LogP contribution in [-0.4, -0.2) is 36.5 Å². The zero-order valence-electron chi connectivity index (χ0n) is 21.5. The molecule has 0 radical (unpaired) electrons. The smallest absolute Gasteiger partial charge is 0.320 e. The van der Waals surface area contributed by atoms with Gasteiger partial charge in [-0.3, -0.25) is 14.9 Å². The number of nitrogens with zero attached hydrogens (tertiary/aromatic N) is 1. The van der Waals surface area contributed by atoms with Crippen LogP contribution >= 0.6 is 0 Å². The Hall–Kier alpha value is -4.16. The van der Waals surface area contributed by atoms with Gasteiger partial charge in [0.15, 0.2) is 5.78 Å². The fraction of sp³-hybridized carbons (Fsp3) is 0.226. The second-order valence-corrected chi connectivity index (χ2v) is 9.05. The predicted octanol–water partition coefficient (Wildman–Crippen LogP) is 5.34. The van der Waals surface area contributed by atoms with Crippen molar-refractivity contribution in [2.75, 3.05) is 20.2 Å². The summed E-state index contributed by atoms with van der Waals surface area (Å²) >= 11 is 0. The number of hydrogen-bond acceptors (Lipinski definition) is 5. The molecule has 0 aliphatic carbocycles. The molecule has 1 N–H and O–H groups in total. The first kappa shape index (κ1) is 25.9. The number of aryl methyl sites for hydroxylation is 2. The molecule has 4 aromatic rings. The van der Waals surface area contributed by atoms with Crippen molar-refractivity contribution in [2.24, 2.45) is 0 Å². The van der Waals surface area contributed by atoms with Gasteiger partial charge in [0, 0.05) is 18.3 Å². The van der Waals surface area contributed by atoms with E-state index in [0.717, 1.165) is 39.1 Å². The van der Waals surface area contributed by atoms with Crippen molar-refractivity contribution < 1.29 is 19.1 Å². The van der Waals surface area contributed by atoms with E-state index in [1.165, 1.54) is 0 Å². The SMILES string of the molecule is COc1ccc(Cn2cc(C)c(-c3ccc(C)cc3)c2C(=O)CNCC(=O)OCc2ccccc2)cc1. The topological polar surface area (TPSA) is 69.6 Å². The maximum Gasteiger partial charge on any atom is 0.320 e. The quantitative estimate of drug-likeness (QED) is 0.224. The minimum absolute atomic E-state index is 0.0192. The summed E-state index contributed by atoms with van der Waals surface area (Å²) in [6.07, 6.45) is 2.01. The number of carbonyl (C=O) groups is 2. The van der Waals surface area contributed by atoms with Crippen molar-refractivity contribution in [3.05, 3.63) is 113 Å². The number of hydrogen-bond donors (Lipinski definition) is 1. The zero-order valence-corrected chi connectivity index (χ0v) is 21.5. The van der Waals surface area contributed by atoms with E-state index in [0.29, 0.717) is 12.2 Å². The van der Waals surface area contributed by atoms with Crippen LogP contribution in [0.15, 0.2) is 85.1 Å². The Morgan fingerprint density at radius 2 is 1.54 bits per heavy atom. The highest BCUT2D eigenvalue weighted by atomic mass is 16.5. The van der Waals surface area contributed by atoms with Crippen LogP contribution in [0.5, 0.6) is 5.75 Å². The number of nitrogens with one attached hydrogen (secondary N) is 1. The largest absolute Gasteiger partial charge is 0.497 e. The highest BCUT2D eigenvalue weighted by Crippen LogP contribution is 2.31. The molecular formula is C31H32N2O4. The lowest BCUT2D eigenvalue weighted by Gasteiger charge is -2.13. The summed E-state index contributed by atoms with van der Waals surface area (Å²) in [6.45, 7) is 4.78. The number of aromatic nitrogens is 1. The molecule has 1 heterocycles. The summed E-state index contributed by atoms with van der Waals surface area (Å²) in [6, 6.07) is 25.5. The molecule has 190 valence electrons. The minimum Gasteiger partial charge on any atom is -0.497 e. The van der Waals surface area contributed by atoms with Gasteiger partial charge in [0.05, 0.1) is 25.9 Å². The zero-order chi connectivity index (χ0) is 26.2. The molecule has 0 unspecified atom stereocenters. The molecule has 0 saturated heterocycles. The summed E-state index contributed by atoms with van der Waals surface area (Å²) in [7, 11) is 1.64. The molecule has 37 heavy (non-hydrogen) atoms. The van der Waals surface area contributed by atoms with Gasteiger partial charge in [0.2, 0.25) is 0 Å². The molecule has 0 aliphatic heterocycles. The van der Waals surface area contributed by atoms with Gasteiger partial charge in [-0.1, -0.05) is 72.3 Å². The maximum absolute atomic E-state index is 13.5. The van der Waals surface area contributed by atoms with Gasteiger partial charge in [-0.25, -0.2) is 0 Å².